The van der Waals surface area contributed by atoms with Crippen LogP contribution in [-0.2, 0) is 0 Å². The van der Waals surface area contributed by atoms with E-state index in [-0.39, 0.29) is 5.69 Å². The molecule has 0 bridgehead atoms. The molecular weight excluding hydrogens is 266 g/mol. The SMILES string of the molecule is Cc1ccc(C)c(N=Nc2c(C)ccc(C)c2[N+](=O)[O-])c1. The van der Waals surface area contributed by atoms with Crippen LogP contribution in [0.3, 0.4) is 0 Å². The molecule has 108 valence electrons. The number of azo groups is 1. The lowest BCUT2D eigenvalue weighted by molar-refractivity contribution is -0.384. The van der Waals surface area contributed by atoms with Gasteiger partial charge in [0.1, 0.15) is 0 Å². The minimum Gasteiger partial charge on any atom is -0.258 e. The zero-order valence-electron chi connectivity index (χ0n) is 12.5. The highest BCUT2D eigenvalue weighted by Gasteiger charge is 2.19. The minimum absolute atomic E-state index is 0.0176. The molecule has 0 aliphatic rings. The van der Waals surface area contributed by atoms with Crippen molar-refractivity contribution in [2.45, 2.75) is 27.7 Å². The summed E-state index contributed by atoms with van der Waals surface area (Å²) in [6.45, 7) is 7.41. The molecular formula is C16H17N3O2. The van der Waals surface area contributed by atoms with Gasteiger partial charge in [0.2, 0.25) is 0 Å². The van der Waals surface area contributed by atoms with Crippen molar-refractivity contribution in [3.8, 4) is 0 Å². The summed E-state index contributed by atoms with van der Waals surface area (Å²) in [5.41, 5.74) is 4.44. The van der Waals surface area contributed by atoms with Gasteiger partial charge in [0.15, 0.2) is 5.69 Å². The van der Waals surface area contributed by atoms with Crippen LogP contribution in [0.5, 0.6) is 0 Å². The van der Waals surface area contributed by atoms with Gasteiger partial charge in [0, 0.05) is 5.56 Å². The van der Waals surface area contributed by atoms with Gasteiger partial charge in [-0.15, -0.1) is 5.11 Å². The number of benzene rings is 2. The third-order valence-electron chi connectivity index (χ3n) is 3.36. The van der Waals surface area contributed by atoms with Crippen LogP contribution >= 0.6 is 0 Å². The van der Waals surface area contributed by atoms with E-state index in [4.69, 9.17) is 0 Å². The van der Waals surface area contributed by atoms with Crippen LogP contribution < -0.4 is 0 Å². The smallest absolute Gasteiger partial charge is 0.258 e. The molecule has 0 spiro atoms. The summed E-state index contributed by atoms with van der Waals surface area (Å²) in [7, 11) is 0. The Morgan fingerprint density at radius 2 is 1.52 bits per heavy atom. The number of rotatable bonds is 3. The lowest BCUT2D eigenvalue weighted by Crippen LogP contribution is -1.93. The largest absolute Gasteiger partial charge is 0.299 e. The van der Waals surface area contributed by atoms with E-state index in [2.05, 4.69) is 10.2 Å². The zero-order chi connectivity index (χ0) is 15.6. The predicted molar refractivity (Wildman–Crippen MR) is 82.7 cm³/mol. The molecule has 0 radical (unpaired) electrons. The Labute approximate surface area is 123 Å². The summed E-state index contributed by atoms with van der Waals surface area (Å²) in [6, 6.07) is 9.41. The van der Waals surface area contributed by atoms with E-state index in [0.717, 1.165) is 22.4 Å². The monoisotopic (exact) mass is 283 g/mol. The van der Waals surface area contributed by atoms with E-state index in [9.17, 15) is 10.1 Å². The van der Waals surface area contributed by atoms with E-state index >= 15 is 0 Å². The highest BCUT2D eigenvalue weighted by atomic mass is 16.6. The number of nitrogens with zero attached hydrogens (tertiary/aromatic N) is 3. The van der Waals surface area contributed by atoms with Gasteiger partial charge in [-0.3, -0.25) is 10.1 Å². The average molecular weight is 283 g/mol. The zero-order valence-corrected chi connectivity index (χ0v) is 12.5. The third-order valence-corrected chi connectivity index (χ3v) is 3.36. The Morgan fingerprint density at radius 3 is 2.19 bits per heavy atom. The van der Waals surface area contributed by atoms with Gasteiger partial charge in [-0.2, -0.15) is 5.11 Å². The standard InChI is InChI=1S/C16H17N3O2/c1-10-5-6-11(2)14(9-10)17-18-15-12(3)7-8-13(4)16(15)19(20)21/h5-9H,1-4H3. The second-order valence-electron chi connectivity index (χ2n) is 5.14. The van der Waals surface area contributed by atoms with Gasteiger partial charge in [-0.05, 0) is 50.5 Å². The highest BCUT2D eigenvalue weighted by Crippen LogP contribution is 2.35. The molecule has 0 aliphatic carbocycles. The summed E-state index contributed by atoms with van der Waals surface area (Å²) < 4.78 is 0. The second-order valence-corrected chi connectivity index (χ2v) is 5.14. The average Bonchev–Trinajstić information content (AvgIpc) is 2.42. The number of hydrogen-bond donors (Lipinski definition) is 0. The third kappa shape index (κ3) is 3.13. The Hall–Kier alpha value is -2.56. The van der Waals surface area contributed by atoms with Crippen LogP contribution in [0.4, 0.5) is 17.1 Å². The van der Waals surface area contributed by atoms with Gasteiger partial charge in [0.05, 0.1) is 10.6 Å². The van der Waals surface area contributed by atoms with E-state index in [1.807, 2.05) is 38.1 Å². The number of nitro groups is 1. The molecule has 0 N–H and O–H groups in total. The summed E-state index contributed by atoms with van der Waals surface area (Å²) in [6.07, 6.45) is 0. The maximum atomic E-state index is 11.2. The molecule has 0 saturated heterocycles. The molecule has 21 heavy (non-hydrogen) atoms. The van der Waals surface area contributed by atoms with E-state index in [0.29, 0.717) is 11.3 Å². The molecule has 0 unspecified atom stereocenters. The molecule has 5 nitrogen and oxygen atoms in total. The van der Waals surface area contributed by atoms with E-state index in [1.165, 1.54) is 0 Å². The molecule has 0 heterocycles. The van der Waals surface area contributed by atoms with E-state index < -0.39 is 4.92 Å². The fraction of sp³-hybridized carbons (Fsp3) is 0.250. The van der Waals surface area contributed by atoms with Gasteiger partial charge in [-0.1, -0.05) is 24.3 Å². The maximum absolute atomic E-state index is 11.2. The van der Waals surface area contributed by atoms with Crippen LogP contribution in [0.25, 0.3) is 0 Å². The van der Waals surface area contributed by atoms with Crippen molar-refractivity contribution in [1.82, 2.24) is 0 Å². The summed E-state index contributed by atoms with van der Waals surface area (Å²) in [5.74, 6) is 0. The summed E-state index contributed by atoms with van der Waals surface area (Å²) in [4.78, 5) is 10.8. The van der Waals surface area contributed by atoms with Crippen molar-refractivity contribution >= 4 is 17.1 Å². The van der Waals surface area contributed by atoms with Crippen molar-refractivity contribution in [2.24, 2.45) is 10.2 Å². The normalized spacial score (nSPS) is 11.0. The molecule has 2 rings (SSSR count). The fourth-order valence-electron chi connectivity index (χ4n) is 2.07. The number of nitro benzene ring substituents is 1. The maximum Gasteiger partial charge on any atom is 0.299 e. The van der Waals surface area contributed by atoms with Crippen LogP contribution in [0.1, 0.15) is 22.3 Å². The van der Waals surface area contributed by atoms with Crippen LogP contribution in [0.2, 0.25) is 0 Å². The highest BCUT2D eigenvalue weighted by molar-refractivity contribution is 5.65. The van der Waals surface area contributed by atoms with Crippen molar-refractivity contribution < 1.29 is 4.92 Å². The number of hydrogen-bond acceptors (Lipinski definition) is 4. The quantitative estimate of drug-likeness (QED) is 0.439. The van der Waals surface area contributed by atoms with Crippen LogP contribution in [-0.4, -0.2) is 4.92 Å². The van der Waals surface area contributed by atoms with Crippen molar-refractivity contribution in [3.05, 3.63) is 62.7 Å². The molecule has 0 fully saturated rings. The van der Waals surface area contributed by atoms with Crippen LogP contribution in [0, 0.1) is 37.8 Å². The first-order chi connectivity index (χ1) is 9.90. The van der Waals surface area contributed by atoms with Gasteiger partial charge in [-0.25, -0.2) is 0 Å². The first-order valence-corrected chi connectivity index (χ1v) is 6.63. The summed E-state index contributed by atoms with van der Waals surface area (Å²) >= 11 is 0. The molecule has 0 saturated carbocycles. The molecule has 0 aromatic heterocycles. The molecule has 0 atom stereocenters. The lowest BCUT2D eigenvalue weighted by atomic mass is 10.1. The number of aryl methyl sites for hydroxylation is 4. The molecule has 0 amide bonds. The topological polar surface area (TPSA) is 67.9 Å². The lowest BCUT2D eigenvalue weighted by Gasteiger charge is -2.04. The first-order valence-electron chi connectivity index (χ1n) is 6.63. The molecule has 5 heteroatoms. The fourth-order valence-corrected chi connectivity index (χ4v) is 2.07. The van der Waals surface area contributed by atoms with Gasteiger partial charge < -0.3 is 0 Å². The molecule has 0 aliphatic heterocycles. The Balaban J connectivity index is 2.53. The summed E-state index contributed by atoms with van der Waals surface area (Å²) in [5, 5.41) is 19.6. The molecule has 2 aromatic carbocycles. The molecule has 2 aromatic rings. The van der Waals surface area contributed by atoms with Gasteiger partial charge in [0.25, 0.3) is 5.69 Å². The van der Waals surface area contributed by atoms with Gasteiger partial charge >= 0.3 is 0 Å². The van der Waals surface area contributed by atoms with Crippen molar-refractivity contribution in [2.75, 3.05) is 0 Å². The predicted octanol–water partition coefficient (Wildman–Crippen LogP) is 5.24. The van der Waals surface area contributed by atoms with Crippen LogP contribution in [0.15, 0.2) is 40.6 Å². The Bertz CT molecular complexity index is 737. The van der Waals surface area contributed by atoms with Crippen molar-refractivity contribution in [1.29, 1.82) is 0 Å². The minimum atomic E-state index is -0.403. The Morgan fingerprint density at radius 1 is 0.905 bits per heavy atom. The Kier molecular flexibility index (Phi) is 4.12. The first kappa shape index (κ1) is 14.8. The second kappa shape index (κ2) is 5.83. The van der Waals surface area contributed by atoms with Crippen molar-refractivity contribution in [3.63, 3.8) is 0 Å². The van der Waals surface area contributed by atoms with E-state index in [1.54, 1.807) is 19.9 Å².